The van der Waals surface area contributed by atoms with Gasteiger partial charge in [-0.05, 0) is 85.5 Å². The van der Waals surface area contributed by atoms with Gasteiger partial charge < -0.3 is 19.5 Å². The number of thiophene rings is 1. The Morgan fingerprint density at radius 1 is 1.10 bits per heavy atom. The fraction of sp³-hybridized carbons (Fsp3) is 0.387. The van der Waals surface area contributed by atoms with Crippen LogP contribution in [0.15, 0.2) is 47.5 Å². The van der Waals surface area contributed by atoms with Crippen molar-refractivity contribution in [2.45, 2.75) is 47.0 Å². The third-order valence-corrected chi connectivity index (χ3v) is 8.27. The third-order valence-electron chi connectivity index (χ3n) is 7.11. The quantitative estimate of drug-likeness (QED) is 0.240. The van der Waals surface area contributed by atoms with Crippen LogP contribution in [-0.2, 0) is 17.6 Å². The topological polar surface area (TPSA) is 86.2 Å². The molecule has 0 unspecified atom stereocenters. The molecule has 1 amide bonds. The van der Waals surface area contributed by atoms with E-state index >= 15 is 0 Å². The highest BCUT2D eigenvalue weighted by Gasteiger charge is 2.33. The van der Waals surface area contributed by atoms with E-state index < -0.39 is 0 Å². The molecule has 0 saturated carbocycles. The molecule has 206 valence electrons. The second-order valence-corrected chi connectivity index (χ2v) is 11.7. The molecular formula is C31H36N2O5S. The Morgan fingerprint density at radius 2 is 1.85 bits per heavy atom. The molecule has 0 spiro atoms. The predicted molar refractivity (Wildman–Crippen MR) is 156 cm³/mol. The normalized spacial score (nSPS) is 15.1. The summed E-state index contributed by atoms with van der Waals surface area (Å²) in [6.07, 6.45) is 4.51. The lowest BCUT2D eigenvalue weighted by atomic mass is 9.72. The van der Waals surface area contributed by atoms with Crippen LogP contribution < -0.4 is 14.8 Å². The van der Waals surface area contributed by atoms with Crippen LogP contribution in [0.3, 0.4) is 0 Å². The molecule has 3 aromatic rings. The van der Waals surface area contributed by atoms with E-state index in [-0.39, 0.29) is 17.3 Å². The average molecular weight is 549 g/mol. The van der Waals surface area contributed by atoms with Gasteiger partial charge in [0.15, 0.2) is 0 Å². The minimum Gasteiger partial charge on any atom is -0.497 e. The summed E-state index contributed by atoms with van der Waals surface area (Å²) in [5, 5.41) is 3.68. The number of hydrogen-bond acceptors (Lipinski definition) is 7. The van der Waals surface area contributed by atoms with Gasteiger partial charge in [-0.3, -0.25) is 4.79 Å². The number of nitrogens with one attached hydrogen (secondary N) is 1. The van der Waals surface area contributed by atoms with E-state index in [0.717, 1.165) is 30.4 Å². The van der Waals surface area contributed by atoms with Gasteiger partial charge in [0, 0.05) is 22.3 Å². The molecule has 1 atom stereocenters. The molecule has 7 nitrogen and oxygen atoms in total. The summed E-state index contributed by atoms with van der Waals surface area (Å²) in [6, 6.07) is 12.2. The van der Waals surface area contributed by atoms with Crippen LogP contribution in [0.5, 0.6) is 11.5 Å². The van der Waals surface area contributed by atoms with Crippen molar-refractivity contribution in [3.63, 3.8) is 0 Å². The highest BCUT2D eigenvalue weighted by molar-refractivity contribution is 7.16. The van der Waals surface area contributed by atoms with E-state index in [0.29, 0.717) is 45.8 Å². The van der Waals surface area contributed by atoms with Crippen LogP contribution in [0, 0.1) is 11.3 Å². The van der Waals surface area contributed by atoms with Gasteiger partial charge in [0.1, 0.15) is 16.5 Å². The number of nitrogens with zero attached hydrogens (tertiary/aromatic N) is 1. The lowest BCUT2D eigenvalue weighted by Crippen LogP contribution is -2.27. The second-order valence-electron chi connectivity index (χ2n) is 10.6. The largest absolute Gasteiger partial charge is 0.497 e. The van der Waals surface area contributed by atoms with E-state index in [1.807, 2.05) is 18.2 Å². The fourth-order valence-electron chi connectivity index (χ4n) is 4.80. The van der Waals surface area contributed by atoms with Crippen LogP contribution in [0.4, 0.5) is 10.7 Å². The van der Waals surface area contributed by atoms with Crippen molar-refractivity contribution < 1.29 is 23.8 Å². The van der Waals surface area contributed by atoms with Crippen molar-refractivity contribution in [2.24, 2.45) is 16.3 Å². The molecule has 1 aliphatic rings. The average Bonchev–Trinajstić information content (AvgIpc) is 3.29. The minimum absolute atomic E-state index is 0.183. The number of methoxy groups -OCH3 is 2. The van der Waals surface area contributed by atoms with E-state index in [1.165, 1.54) is 4.88 Å². The monoisotopic (exact) mass is 548 g/mol. The van der Waals surface area contributed by atoms with E-state index in [4.69, 9.17) is 19.2 Å². The molecule has 0 saturated heterocycles. The van der Waals surface area contributed by atoms with Gasteiger partial charge in [-0.15, -0.1) is 11.3 Å². The lowest BCUT2D eigenvalue weighted by molar-refractivity contribution is 0.0526. The van der Waals surface area contributed by atoms with Crippen molar-refractivity contribution in [2.75, 3.05) is 26.1 Å². The predicted octanol–water partition coefficient (Wildman–Crippen LogP) is 7.10. The van der Waals surface area contributed by atoms with Crippen molar-refractivity contribution in [1.29, 1.82) is 0 Å². The second kappa shape index (κ2) is 12.0. The Labute approximate surface area is 234 Å². The molecule has 0 fully saturated rings. The highest BCUT2D eigenvalue weighted by atomic mass is 32.1. The van der Waals surface area contributed by atoms with Gasteiger partial charge in [0.25, 0.3) is 5.91 Å². The van der Waals surface area contributed by atoms with Crippen LogP contribution in [0.2, 0.25) is 0 Å². The van der Waals surface area contributed by atoms with E-state index in [1.54, 1.807) is 63.0 Å². The Bertz CT molecular complexity index is 1370. The summed E-state index contributed by atoms with van der Waals surface area (Å²) in [6.45, 7) is 8.90. The Kier molecular flexibility index (Phi) is 8.75. The Hall–Kier alpha value is -3.65. The smallest absolute Gasteiger partial charge is 0.338 e. The van der Waals surface area contributed by atoms with Crippen molar-refractivity contribution in [3.8, 4) is 11.5 Å². The number of carbonyl (C=O) groups excluding carboxylic acids is 2. The number of esters is 1. The van der Waals surface area contributed by atoms with Crippen molar-refractivity contribution >= 4 is 40.1 Å². The maximum Gasteiger partial charge on any atom is 0.338 e. The Balaban J connectivity index is 1.68. The van der Waals surface area contributed by atoms with Gasteiger partial charge in [-0.1, -0.05) is 20.8 Å². The fourth-order valence-corrected chi connectivity index (χ4v) is 6.07. The number of ether oxygens (including phenoxy) is 3. The Morgan fingerprint density at radius 3 is 2.49 bits per heavy atom. The number of fused-ring (bicyclic) bond motifs is 1. The summed E-state index contributed by atoms with van der Waals surface area (Å²) >= 11 is 1.58. The number of aliphatic imine (C=N–C) groups is 1. The molecule has 0 bridgehead atoms. The standard InChI is InChI=1S/C31H36N2O5S/c1-7-38-30(35)19-8-11-22(12-9-19)33-28(34)27-24-14-10-21(31(2,3)4)17-26(24)39-29(27)32-18-20-16-23(36-5)13-15-25(20)37-6/h8-9,11-13,15-16,18,21H,7,10,14,17H2,1-6H3,(H,33,34)/t21-/m1/s1. The third kappa shape index (κ3) is 6.50. The lowest BCUT2D eigenvalue weighted by Gasteiger charge is -2.33. The van der Waals surface area contributed by atoms with Crippen molar-refractivity contribution in [1.82, 2.24) is 0 Å². The summed E-state index contributed by atoms with van der Waals surface area (Å²) in [5.74, 6) is 1.29. The number of carbonyl (C=O) groups is 2. The summed E-state index contributed by atoms with van der Waals surface area (Å²) in [7, 11) is 3.23. The number of benzene rings is 2. The van der Waals surface area contributed by atoms with Crippen LogP contribution in [0.1, 0.15) is 70.8 Å². The van der Waals surface area contributed by atoms with Crippen LogP contribution in [0.25, 0.3) is 0 Å². The zero-order valence-electron chi connectivity index (χ0n) is 23.4. The SMILES string of the molecule is CCOC(=O)c1ccc(NC(=O)c2c(N=Cc3cc(OC)ccc3OC)sc3c2CC[C@@H](C(C)(C)C)C3)cc1. The molecule has 4 rings (SSSR count). The van der Waals surface area contributed by atoms with Crippen molar-refractivity contribution in [3.05, 3.63) is 69.6 Å². The number of hydrogen-bond donors (Lipinski definition) is 1. The molecular weight excluding hydrogens is 512 g/mol. The maximum atomic E-state index is 13.7. The molecule has 2 aromatic carbocycles. The first kappa shape index (κ1) is 28.4. The molecule has 1 heterocycles. The highest BCUT2D eigenvalue weighted by Crippen LogP contribution is 2.45. The molecule has 1 aromatic heterocycles. The van der Waals surface area contributed by atoms with Crippen LogP contribution in [-0.4, -0.2) is 38.9 Å². The number of anilines is 1. The number of rotatable bonds is 8. The first-order valence-corrected chi connectivity index (χ1v) is 13.9. The van der Waals surface area contributed by atoms with E-state index in [9.17, 15) is 9.59 Å². The molecule has 1 N–H and O–H groups in total. The first-order valence-electron chi connectivity index (χ1n) is 13.1. The molecule has 0 aliphatic heterocycles. The van der Waals surface area contributed by atoms with Gasteiger partial charge >= 0.3 is 5.97 Å². The summed E-state index contributed by atoms with van der Waals surface area (Å²) in [5.41, 5.74) is 3.66. The maximum absolute atomic E-state index is 13.7. The van der Waals surface area contributed by atoms with E-state index in [2.05, 4.69) is 26.1 Å². The summed E-state index contributed by atoms with van der Waals surface area (Å²) in [4.78, 5) is 31.7. The van der Waals surface area contributed by atoms with Gasteiger partial charge in [0.2, 0.25) is 0 Å². The zero-order valence-corrected chi connectivity index (χ0v) is 24.2. The molecule has 0 radical (unpaired) electrons. The van der Waals surface area contributed by atoms with Gasteiger partial charge in [-0.25, -0.2) is 9.79 Å². The summed E-state index contributed by atoms with van der Waals surface area (Å²) < 4.78 is 15.9. The van der Waals surface area contributed by atoms with Gasteiger partial charge in [0.05, 0.1) is 32.0 Å². The zero-order chi connectivity index (χ0) is 28.2. The number of amides is 1. The van der Waals surface area contributed by atoms with Gasteiger partial charge in [-0.2, -0.15) is 0 Å². The van der Waals surface area contributed by atoms with Crippen LogP contribution >= 0.6 is 11.3 Å². The molecule has 1 aliphatic carbocycles. The minimum atomic E-state index is -0.389. The molecule has 8 heteroatoms. The molecule has 39 heavy (non-hydrogen) atoms. The first-order chi connectivity index (χ1) is 18.6.